The van der Waals surface area contributed by atoms with Gasteiger partial charge < -0.3 is 10.1 Å². The number of aromatic nitrogens is 2. The van der Waals surface area contributed by atoms with Crippen LogP contribution < -0.4 is 10.1 Å². The fourth-order valence-electron chi connectivity index (χ4n) is 3.63. The smallest absolute Gasteiger partial charge is 0.259 e. The Bertz CT molecular complexity index is 1250. The molecular formula is C24H30N4O4S. The highest BCUT2D eigenvalue weighted by molar-refractivity contribution is 7.89. The van der Waals surface area contributed by atoms with Gasteiger partial charge in [0.05, 0.1) is 40.3 Å². The van der Waals surface area contributed by atoms with Gasteiger partial charge in [0.2, 0.25) is 10.0 Å². The van der Waals surface area contributed by atoms with E-state index in [1.807, 2.05) is 45.0 Å². The highest BCUT2D eigenvalue weighted by Gasteiger charge is 2.24. The summed E-state index contributed by atoms with van der Waals surface area (Å²) in [6.07, 6.45) is 1.51. The van der Waals surface area contributed by atoms with Crippen LogP contribution in [0.15, 0.2) is 53.6 Å². The van der Waals surface area contributed by atoms with Crippen LogP contribution in [0.4, 0.5) is 5.69 Å². The molecule has 8 nitrogen and oxygen atoms in total. The zero-order valence-electron chi connectivity index (χ0n) is 19.6. The number of benzene rings is 2. The molecular weight excluding hydrogens is 440 g/mol. The molecule has 0 unspecified atom stereocenters. The Kier molecular flexibility index (Phi) is 7.55. The van der Waals surface area contributed by atoms with Crippen molar-refractivity contribution >= 4 is 21.6 Å². The molecule has 176 valence electrons. The lowest BCUT2D eigenvalue weighted by atomic mass is 10.2. The first-order valence-corrected chi connectivity index (χ1v) is 12.4. The van der Waals surface area contributed by atoms with Gasteiger partial charge in [-0.3, -0.25) is 4.79 Å². The van der Waals surface area contributed by atoms with Gasteiger partial charge in [0.15, 0.2) is 0 Å². The van der Waals surface area contributed by atoms with Crippen molar-refractivity contribution in [2.24, 2.45) is 0 Å². The van der Waals surface area contributed by atoms with Crippen LogP contribution in [-0.4, -0.2) is 48.1 Å². The van der Waals surface area contributed by atoms with Crippen LogP contribution >= 0.6 is 0 Å². The monoisotopic (exact) mass is 470 g/mol. The van der Waals surface area contributed by atoms with Crippen molar-refractivity contribution in [3.63, 3.8) is 0 Å². The normalized spacial score (nSPS) is 11.6. The molecule has 2 aromatic carbocycles. The zero-order chi connectivity index (χ0) is 24.2. The Morgan fingerprint density at radius 1 is 1.09 bits per heavy atom. The van der Waals surface area contributed by atoms with E-state index >= 15 is 0 Å². The largest absolute Gasteiger partial charge is 0.492 e. The van der Waals surface area contributed by atoms with Gasteiger partial charge in [-0.2, -0.15) is 9.40 Å². The number of amides is 1. The number of sulfonamides is 1. The summed E-state index contributed by atoms with van der Waals surface area (Å²) in [5, 5.41) is 7.21. The fourth-order valence-corrected chi connectivity index (χ4v) is 5.11. The summed E-state index contributed by atoms with van der Waals surface area (Å²) >= 11 is 0. The molecule has 0 aliphatic carbocycles. The number of carbonyl (C=O) groups is 1. The molecule has 0 radical (unpaired) electrons. The number of para-hydroxylation sites is 1. The molecule has 9 heteroatoms. The number of anilines is 1. The Morgan fingerprint density at radius 2 is 1.79 bits per heavy atom. The van der Waals surface area contributed by atoms with Crippen molar-refractivity contribution in [3.05, 3.63) is 65.5 Å². The van der Waals surface area contributed by atoms with Gasteiger partial charge in [0.25, 0.3) is 5.91 Å². The second-order valence-corrected chi connectivity index (χ2v) is 9.41. The lowest BCUT2D eigenvalue weighted by Gasteiger charge is -2.20. The highest BCUT2D eigenvalue weighted by Crippen LogP contribution is 2.30. The maximum Gasteiger partial charge on any atom is 0.259 e. The van der Waals surface area contributed by atoms with Crippen LogP contribution in [0.25, 0.3) is 5.69 Å². The third kappa shape index (κ3) is 4.94. The van der Waals surface area contributed by atoms with Crippen LogP contribution in [0, 0.1) is 13.8 Å². The first-order chi connectivity index (χ1) is 15.7. The summed E-state index contributed by atoms with van der Waals surface area (Å²) in [5.74, 6) is -0.000954. The predicted octanol–water partition coefficient (Wildman–Crippen LogP) is 4.17. The SMILES string of the molecule is CCOc1ccc(S(=O)(=O)N(CC)CC)cc1NC(=O)c1cnn(-c2ccccc2C)c1C. The van der Waals surface area contributed by atoms with E-state index in [4.69, 9.17) is 4.74 Å². The predicted molar refractivity (Wildman–Crippen MR) is 129 cm³/mol. The molecule has 0 spiro atoms. The molecule has 1 amide bonds. The van der Waals surface area contributed by atoms with Gasteiger partial charge in [0.1, 0.15) is 5.75 Å². The maximum absolute atomic E-state index is 13.1. The molecule has 0 atom stereocenters. The maximum atomic E-state index is 13.1. The van der Waals surface area contributed by atoms with Crippen molar-refractivity contribution in [1.29, 1.82) is 0 Å². The van der Waals surface area contributed by atoms with Crippen molar-refractivity contribution in [3.8, 4) is 11.4 Å². The van der Waals surface area contributed by atoms with E-state index in [2.05, 4.69) is 10.4 Å². The van der Waals surface area contributed by atoms with E-state index in [-0.39, 0.29) is 10.6 Å². The molecule has 1 heterocycles. The first-order valence-electron chi connectivity index (χ1n) is 10.9. The average Bonchev–Trinajstić information content (AvgIpc) is 3.17. The molecule has 1 aromatic heterocycles. The lowest BCUT2D eigenvalue weighted by molar-refractivity contribution is 0.102. The Labute approximate surface area is 195 Å². The summed E-state index contributed by atoms with van der Waals surface area (Å²) in [4.78, 5) is 13.2. The second kappa shape index (κ2) is 10.2. The molecule has 0 aliphatic heterocycles. The number of carbonyl (C=O) groups excluding carboxylic acids is 1. The minimum atomic E-state index is -3.69. The van der Waals surface area contributed by atoms with Crippen LogP contribution in [-0.2, 0) is 10.0 Å². The summed E-state index contributed by atoms with van der Waals surface area (Å²) in [6.45, 7) is 10.3. The topological polar surface area (TPSA) is 93.5 Å². The van der Waals surface area contributed by atoms with Gasteiger partial charge in [-0.25, -0.2) is 13.1 Å². The Balaban J connectivity index is 1.97. The number of ether oxygens (including phenoxy) is 1. The molecule has 0 saturated heterocycles. The fraction of sp³-hybridized carbons (Fsp3) is 0.333. The highest BCUT2D eigenvalue weighted by atomic mass is 32.2. The van der Waals surface area contributed by atoms with Crippen LogP contribution in [0.1, 0.15) is 42.4 Å². The molecule has 0 bridgehead atoms. The molecule has 0 saturated carbocycles. The number of nitrogens with one attached hydrogen (secondary N) is 1. The van der Waals surface area contributed by atoms with E-state index in [0.29, 0.717) is 36.7 Å². The minimum Gasteiger partial charge on any atom is -0.492 e. The summed E-state index contributed by atoms with van der Waals surface area (Å²) in [5.41, 5.74) is 3.27. The molecule has 33 heavy (non-hydrogen) atoms. The van der Waals surface area contributed by atoms with Crippen molar-refractivity contribution in [2.45, 2.75) is 39.5 Å². The van der Waals surface area contributed by atoms with Gasteiger partial charge in [0, 0.05) is 13.1 Å². The average molecular weight is 471 g/mol. The van der Waals surface area contributed by atoms with Crippen molar-refractivity contribution in [2.75, 3.05) is 25.0 Å². The molecule has 0 aliphatic rings. The van der Waals surface area contributed by atoms with Crippen LogP contribution in [0.3, 0.4) is 0 Å². The molecule has 3 aromatic rings. The number of hydrogen-bond acceptors (Lipinski definition) is 5. The Morgan fingerprint density at radius 3 is 2.42 bits per heavy atom. The quantitative estimate of drug-likeness (QED) is 0.507. The van der Waals surface area contributed by atoms with Gasteiger partial charge in [-0.15, -0.1) is 0 Å². The summed E-state index contributed by atoms with van der Waals surface area (Å²) in [7, 11) is -3.69. The summed E-state index contributed by atoms with van der Waals surface area (Å²) in [6, 6.07) is 12.3. The second-order valence-electron chi connectivity index (χ2n) is 7.48. The standard InChI is InChI=1S/C24H30N4O4S/c1-6-27(7-2)33(30,31)19-13-14-23(32-8-3)21(15-19)26-24(29)20-16-25-28(18(20)5)22-12-10-9-11-17(22)4/h9-16H,6-8H2,1-5H3,(H,26,29). The Hall–Kier alpha value is -3.17. The van der Waals surface area contributed by atoms with E-state index in [1.165, 1.54) is 22.6 Å². The van der Waals surface area contributed by atoms with E-state index < -0.39 is 15.9 Å². The van der Waals surface area contributed by atoms with Gasteiger partial charge in [-0.1, -0.05) is 32.0 Å². The van der Waals surface area contributed by atoms with Crippen LogP contribution in [0.2, 0.25) is 0 Å². The number of aryl methyl sites for hydroxylation is 1. The third-order valence-corrected chi connectivity index (χ3v) is 7.49. The number of nitrogens with zero attached hydrogens (tertiary/aromatic N) is 3. The van der Waals surface area contributed by atoms with Gasteiger partial charge >= 0.3 is 0 Å². The van der Waals surface area contributed by atoms with E-state index in [0.717, 1.165) is 11.3 Å². The molecule has 3 rings (SSSR count). The lowest BCUT2D eigenvalue weighted by Crippen LogP contribution is -2.30. The van der Waals surface area contributed by atoms with Crippen LogP contribution in [0.5, 0.6) is 5.75 Å². The number of rotatable bonds is 9. The van der Waals surface area contributed by atoms with E-state index in [1.54, 1.807) is 24.6 Å². The minimum absolute atomic E-state index is 0.0947. The van der Waals surface area contributed by atoms with Crippen molar-refractivity contribution < 1.29 is 17.9 Å². The zero-order valence-corrected chi connectivity index (χ0v) is 20.4. The molecule has 1 N–H and O–H groups in total. The van der Waals surface area contributed by atoms with E-state index in [9.17, 15) is 13.2 Å². The van der Waals surface area contributed by atoms with Gasteiger partial charge in [-0.05, 0) is 50.6 Å². The number of hydrogen-bond donors (Lipinski definition) is 1. The van der Waals surface area contributed by atoms with Crippen molar-refractivity contribution in [1.82, 2.24) is 14.1 Å². The first kappa shape index (κ1) is 24.5. The summed E-state index contributed by atoms with van der Waals surface area (Å²) < 4.78 is 34.7. The molecule has 0 fully saturated rings. The third-order valence-electron chi connectivity index (χ3n) is 5.44.